The number of carboxylic acids is 1. The van der Waals surface area contributed by atoms with Gasteiger partial charge in [-0.15, -0.1) is 0 Å². The van der Waals surface area contributed by atoms with Gasteiger partial charge in [0.05, 0.1) is 11.6 Å². The number of urea groups is 1. The van der Waals surface area contributed by atoms with Crippen molar-refractivity contribution in [3.05, 3.63) is 35.4 Å². The molecule has 0 saturated heterocycles. The minimum Gasteiger partial charge on any atom is -0.480 e. The van der Waals surface area contributed by atoms with Gasteiger partial charge >= 0.3 is 12.0 Å². The number of amides is 2. The van der Waals surface area contributed by atoms with E-state index in [1.807, 2.05) is 12.1 Å². The van der Waals surface area contributed by atoms with Crippen LogP contribution in [-0.4, -0.2) is 35.1 Å². The molecule has 6 nitrogen and oxygen atoms in total. The third-order valence-corrected chi connectivity index (χ3v) is 3.03. The number of nitrogens with zero attached hydrogens (tertiary/aromatic N) is 2. The normalized spacial score (nSPS) is 11.6. The summed E-state index contributed by atoms with van der Waals surface area (Å²) in [4.78, 5) is 24.5. The van der Waals surface area contributed by atoms with Gasteiger partial charge in [-0.05, 0) is 23.6 Å². The Hall–Kier alpha value is -2.55. The minimum absolute atomic E-state index is 0.207. The molecule has 0 bridgehead atoms. The lowest BCUT2D eigenvalue weighted by atomic mass is 10.1. The summed E-state index contributed by atoms with van der Waals surface area (Å²) in [5.74, 6) is -1.26. The molecular weight excluding hydrogens is 270 g/mol. The average molecular weight is 289 g/mol. The van der Waals surface area contributed by atoms with E-state index < -0.39 is 18.0 Å². The monoisotopic (exact) mass is 289 g/mol. The van der Waals surface area contributed by atoms with Crippen LogP contribution in [0.15, 0.2) is 24.3 Å². The number of benzene rings is 1. The number of hydrogen-bond donors (Lipinski definition) is 2. The molecule has 21 heavy (non-hydrogen) atoms. The summed E-state index contributed by atoms with van der Waals surface area (Å²) < 4.78 is 0. The molecular formula is C15H19N3O3. The second kappa shape index (κ2) is 7.29. The lowest BCUT2D eigenvalue weighted by molar-refractivity contribution is -0.140. The van der Waals surface area contributed by atoms with Crippen LogP contribution in [0.25, 0.3) is 0 Å². The van der Waals surface area contributed by atoms with Crippen molar-refractivity contribution in [1.82, 2.24) is 10.2 Å². The molecule has 0 radical (unpaired) electrons. The van der Waals surface area contributed by atoms with Crippen LogP contribution in [0, 0.1) is 17.2 Å². The number of hydrogen-bond acceptors (Lipinski definition) is 3. The van der Waals surface area contributed by atoms with Crippen molar-refractivity contribution < 1.29 is 14.7 Å². The lowest BCUT2D eigenvalue weighted by Gasteiger charge is -2.23. The SMILES string of the molecule is CC(C)C(NC(=O)N(C)Cc1cccc(C#N)c1)C(=O)O. The Morgan fingerprint density at radius 1 is 1.43 bits per heavy atom. The first kappa shape index (κ1) is 16.5. The van der Waals surface area contributed by atoms with E-state index in [0.29, 0.717) is 12.1 Å². The molecule has 0 aromatic heterocycles. The van der Waals surface area contributed by atoms with Gasteiger partial charge in [0.1, 0.15) is 6.04 Å². The first-order chi connectivity index (χ1) is 9.85. The zero-order valence-corrected chi connectivity index (χ0v) is 12.3. The molecule has 0 aliphatic carbocycles. The maximum absolute atomic E-state index is 12.0. The minimum atomic E-state index is -1.06. The molecule has 6 heteroatoms. The van der Waals surface area contributed by atoms with E-state index in [2.05, 4.69) is 5.32 Å². The molecule has 1 unspecified atom stereocenters. The number of aliphatic carboxylic acids is 1. The number of carbonyl (C=O) groups excluding carboxylic acids is 1. The topological polar surface area (TPSA) is 93.4 Å². The predicted molar refractivity (Wildman–Crippen MR) is 77.4 cm³/mol. The maximum Gasteiger partial charge on any atom is 0.326 e. The largest absolute Gasteiger partial charge is 0.480 e. The molecule has 1 aromatic carbocycles. The Kier molecular flexibility index (Phi) is 5.73. The van der Waals surface area contributed by atoms with Gasteiger partial charge in [-0.2, -0.15) is 5.26 Å². The van der Waals surface area contributed by atoms with Crippen molar-refractivity contribution in [3.8, 4) is 6.07 Å². The van der Waals surface area contributed by atoms with Crippen molar-refractivity contribution in [2.45, 2.75) is 26.4 Å². The molecule has 2 amide bonds. The fourth-order valence-corrected chi connectivity index (χ4v) is 1.84. The Balaban J connectivity index is 2.70. The molecule has 1 atom stereocenters. The van der Waals surface area contributed by atoms with Crippen LogP contribution in [0.2, 0.25) is 0 Å². The highest BCUT2D eigenvalue weighted by atomic mass is 16.4. The third kappa shape index (κ3) is 4.80. The summed E-state index contributed by atoms with van der Waals surface area (Å²) in [6, 6.07) is 7.58. The van der Waals surface area contributed by atoms with Gasteiger partial charge in [0, 0.05) is 13.6 Å². The smallest absolute Gasteiger partial charge is 0.326 e. The van der Waals surface area contributed by atoms with Crippen molar-refractivity contribution in [1.29, 1.82) is 5.26 Å². The van der Waals surface area contributed by atoms with Crippen molar-refractivity contribution in [3.63, 3.8) is 0 Å². The van der Waals surface area contributed by atoms with E-state index >= 15 is 0 Å². The zero-order valence-electron chi connectivity index (χ0n) is 12.3. The zero-order chi connectivity index (χ0) is 16.0. The van der Waals surface area contributed by atoms with Crippen LogP contribution in [0.3, 0.4) is 0 Å². The van der Waals surface area contributed by atoms with Crippen LogP contribution in [0.4, 0.5) is 4.79 Å². The molecule has 0 fully saturated rings. The van der Waals surface area contributed by atoms with Gasteiger partial charge in [-0.1, -0.05) is 26.0 Å². The number of nitrogens with one attached hydrogen (secondary N) is 1. The van der Waals surface area contributed by atoms with Gasteiger partial charge in [0.25, 0.3) is 0 Å². The molecule has 0 aliphatic heterocycles. The summed E-state index contributed by atoms with van der Waals surface area (Å²) >= 11 is 0. The molecule has 1 rings (SSSR count). The highest BCUT2D eigenvalue weighted by molar-refractivity contribution is 5.82. The molecule has 0 spiro atoms. The summed E-state index contributed by atoms with van der Waals surface area (Å²) in [6.07, 6.45) is 0. The van der Waals surface area contributed by atoms with E-state index in [-0.39, 0.29) is 5.92 Å². The van der Waals surface area contributed by atoms with E-state index in [4.69, 9.17) is 10.4 Å². The lowest BCUT2D eigenvalue weighted by Crippen LogP contribution is -2.48. The van der Waals surface area contributed by atoms with Gasteiger partial charge in [-0.3, -0.25) is 0 Å². The Bertz CT molecular complexity index is 564. The first-order valence-corrected chi connectivity index (χ1v) is 6.58. The number of rotatable bonds is 5. The predicted octanol–water partition coefficient (Wildman–Crippen LogP) is 1.81. The Morgan fingerprint density at radius 2 is 2.10 bits per heavy atom. The van der Waals surface area contributed by atoms with Gasteiger partial charge in [0.15, 0.2) is 0 Å². The molecule has 1 aromatic rings. The molecule has 112 valence electrons. The van der Waals surface area contributed by atoms with Crippen LogP contribution < -0.4 is 5.32 Å². The Morgan fingerprint density at radius 3 is 2.62 bits per heavy atom. The van der Waals surface area contributed by atoms with Crippen molar-refractivity contribution in [2.24, 2.45) is 5.92 Å². The van der Waals surface area contributed by atoms with E-state index in [1.54, 1.807) is 39.1 Å². The maximum atomic E-state index is 12.0. The van der Waals surface area contributed by atoms with Crippen LogP contribution in [0.5, 0.6) is 0 Å². The van der Waals surface area contributed by atoms with Crippen molar-refractivity contribution in [2.75, 3.05) is 7.05 Å². The van der Waals surface area contributed by atoms with E-state index in [0.717, 1.165) is 5.56 Å². The molecule has 0 aliphatic rings. The molecule has 0 saturated carbocycles. The fraction of sp³-hybridized carbons (Fsp3) is 0.400. The highest BCUT2D eigenvalue weighted by Gasteiger charge is 2.24. The van der Waals surface area contributed by atoms with Gasteiger partial charge in [0.2, 0.25) is 0 Å². The Labute approximate surface area is 124 Å². The first-order valence-electron chi connectivity index (χ1n) is 6.58. The van der Waals surface area contributed by atoms with Crippen LogP contribution in [0.1, 0.15) is 25.0 Å². The number of carbonyl (C=O) groups is 2. The number of carboxylic acid groups (broad SMARTS) is 1. The van der Waals surface area contributed by atoms with Gasteiger partial charge in [-0.25, -0.2) is 9.59 Å². The van der Waals surface area contributed by atoms with Crippen LogP contribution >= 0.6 is 0 Å². The van der Waals surface area contributed by atoms with E-state index in [9.17, 15) is 9.59 Å². The van der Waals surface area contributed by atoms with Crippen molar-refractivity contribution >= 4 is 12.0 Å². The summed E-state index contributed by atoms with van der Waals surface area (Å²) in [5.41, 5.74) is 1.33. The summed E-state index contributed by atoms with van der Waals surface area (Å²) in [7, 11) is 1.58. The molecule has 0 heterocycles. The van der Waals surface area contributed by atoms with E-state index in [1.165, 1.54) is 4.90 Å². The summed E-state index contributed by atoms with van der Waals surface area (Å²) in [5, 5.41) is 20.4. The quantitative estimate of drug-likeness (QED) is 0.864. The highest BCUT2D eigenvalue weighted by Crippen LogP contribution is 2.08. The number of nitriles is 1. The third-order valence-electron chi connectivity index (χ3n) is 3.03. The standard InChI is InChI=1S/C15H19N3O3/c1-10(2)13(14(19)20)17-15(21)18(3)9-12-6-4-5-11(7-12)8-16/h4-7,10,13H,9H2,1-3H3,(H,17,21)(H,19,20). The summed E-state index contributed by atoms with van der Waals surface area (Å²) in [6.45, 7) is 3.76. The van der Waals surface area contributed by atoms with Crippen LogP contribution in [-0.2, 0) is 11.3 Å². The second-order valence-electron chi connectivity index (χ2n) is 5.18. The second-order valence-corrected chi connectivity index (χ2v) is 5.18. The fourth-order valence-electron chi connectivity index (χ4n) is 1.84. The average Bonchev–Trinajstić information content (AvgIpc) is 2.43. The molecule has 2 N–H and O–H groups in total. The van der Waals surface area contributed by atoms with Gasteiger partial charge < -0.3 is 15.3 Å².